The highest BCUT2D eigenvalue weighted by molar-refractivity contribution is 6.31. The molecule has 0 unspecified atom stereocenters. The summed E-state index contributed by atoms with van der Waals surface area (Å²) in [6, 6.07) is 22.1. The van der Waals surface area contributed by atoms with E-state index < -0.39 is 6.04 Å². The molecule has 0 heterocycles. The lowest BCUT2D eigenvalue weighted by Crippen LogP contribution is -2.51. The lowest BCUT2D eigenvalue weighted by Gasteiger charge is -2.31. The molecule has 0 spiro atoms. The molecule has 1 atom stereocenters. The largest absolute Gasteiger partial charge is 0.483 e. The summed E-state index contributed by atoms with van der Waals surface area (Å²) in [5.74, 6) is 0.152. The summed E-state index contributed by atoms with van der Waals surface area (Å²) < 4.78 is 5.89. The fraction of sp³-hybridized carbons (Fsp3) is 0.286. The maximum atomic E-state index is 13.5. The molecule has 0 bridgehead atoms. The first kappa shape index (κ1) is 25.3. The van der Waals surface area contributed by atoms with Crippen LogP contribution in [0.2, 0.25) is 5.02 Å². The monoisotopic (exact) mass is 478 g/mol. The maximum absolute atomic E-state index is 13.5. The van der Waals surface area contributed by atoms with Gasteiger partial charge in [-0.2, -0.15) is 0 Å². The van der Waals surface area contributed by atoms with Gasteiger partial charge in [-0.15, -0.1) is 0 Å². The zero-order chi connectivity index (χ0) is 24.5. The molecule has 0 aliphatic heterocycles. The van der Waals surface area contributed by atoms with Crippen molar-refractivity contribution in [2.45, 2.75) is 39.8 Å². The lowest BCUT2D eigenvalue weighted by atomic mass is 10.0. The normalized spacial score (nSPS) is 11.5. The SMILES string of the molecule is CCNC(=O)[C@@H](Cc1ccccc1)N(Cc1ccccc1Cl)C(=O)COc1ccc(C)cc1C. The molecule has 0 fully saturated rings. The summed E-state index contributed by atoms with van der Waals surface area (Å²) in [6.07, 6.45) is 0.381. The zero-order valence-corrected chi connectivity index (χ0v) is 20.6. The van der Waals surface area contributed by atoms with Gasteiger partial charge in [-0.3, -0.25) is 9.59 Å². The molecule has 0 saturated heterocycles. The summed E-state index contributed by atoms with van der Waals surface area (Å²) in [6.45, 7) is 6.30. The van der Waals surface area contributed by atoms with E-state index >= 15 is 0 Å². The molecular weight excluding hydrogens is 448 g/mol. The fourth-order valence-corrected chi connectivity index (χ4v) is 4.04. The minimum absolute atomic E-state index is 0.181. The number of aryl methyl sites for hydroxylation is 2. The average Bonchev–Trinajstić information content (AvgIpc) is 2.82. The van der Waals surface area contributed by atoms with Crippen LogP contribution in [0.4, 0.5) is 0 Å². The van der Waals surface area contributed by atoms with E-state index in [0.717, 1.165) is 22.3 Å². The molecule has 3 aromatic rings. The van der Waals surface area contributed by atoms with Crippen molar-refractivity contribution in [3.05, 3.63) is 100 Å². The molecule has 5 nitrogen and oxygen atoms in total. The van der Waals surface area contributed by atoms with E-state index in [4.69, 9.17) is 16.3 Å². The van der Waals surface area contributed by atoms with Crippen LogP contribution in [0.25, 0.3) is 0 Å². The summed E-state index contributed by atoms with van der Waals surface area (Å²) >= 11 is 6.42. The maximum Gasteiger partial charge on any atom is 0.261 e. The highest BCUT2D eigenvalue weighted by atomic mass is 35.5. The minimum Gasteiger partial charge on any atom is -0.483 e. The van der Waals surface area contributed by atoms with Gasteiger partial charge in [-0.25, -0.2) is 0 Å². The molecule has 3 rings (SSSR count). The predicted octanol–water partition coefficient (Wildman–Crippen LogP) is 5.11. The number of benzene rings is 3. The topological polar surface area (TPSA) is 58.6 Å². The number of rotatable bonds is 10. The van der Waals surface area contributed by atoms with Crippen LogP contribution >= 0.6 is 11.6 Å². The number of hydrogen-bond donors (Lipinski definition) is 1. The van der Waals surface area contributed by atoms with E-state index in [-0.39, 0.29) is 25.0 Å². The first-order chi connectivity index (χ1) is 16.4. The zero-order valence-electron chi connectivity index (χ0n) is 19.9. The summed E-state index contributed by atoms with van der Waals surface area (Å²) in [5.41, 5.74) is 3.81. The number of nitrogens with one attached hydrogen (secondary N) is 1. The van der Waals surface area contributed by atoms with Crippen LogP contribution < -0.4 is 10.1 Å². The van der Waals surface area contributed by atoms with Gasteiger partial charge in [0.15, 0.2) is 6.61 Å². The Morgan fingerprint density at radius 2 is 1.71 bits per heavy atom. The van der Waals surface area contributed by atoms with Crippen molar-refractivity contribution < 1.29 is 14.3 Å². The Balaban J connectivity index is 1.91. The Labute approximate surface area is 206 Å². The molecule has 34 heavy (non-hydrogen) atoms. The van der Waals surface area contributed by atoms with Gasteiger partial charge in [0, 0.05) is 24.5 Å². The Morgan fingerprint density at radius 1 is 1.00 bits per heavy atom. The van der Waals surface area contributed by atoms with Gasteiger partial charge in [-0.05, 0) is 49.6 Å². The highest BCUT2D eigenvalue weighted by Gasteiger charge is 2.31. The summed E-state index contributed by atoms with van der Waals surface area (Å²) in [5, 5.41) is 3.43. The van der Waals surface area contributed by atoms with E-state index in [0.29, 0.717) is 23.7 Å². The van der Waals surface area contributed by atoms with Gasteiger partial charge >= 0.3 is 0 Å². The van der Waals surface area contributed by atoms with Gasteiger partial charge < -0.3 is 15.0 Å². The summed E-state index contributed by atoms with van der Waals surface area (Å²) in [4.78, 5) is 28.3. The van der Waals surface area contributed by atoms with Crippen molar-refractivity contribution in [3.63, 3.8) is 0 Å². The number of halogens is 1. The number of hydrogen-bond acceptors (Lipinski definition) is 3. The van der Waals surface area contributed by atoms with Crippen LogP contribution in [0.15, 0.2) is 72.8 Å². The molecule has 1 N–H and O–H groups in total. The average molecular weight is 479 g/mol. The van der Waals surface area contributed by atoms with Crippen LogP contribution in [0.5, 0.6) is 5.75 Å². The number of ether oxygens (including phenoxy) is 1. The number of carbonyl (C=O) groups is 2. The quantitative estimate of drug-likeness (QED) is 0.440. The Morgan fingerprint density at radius 3 is 2.38 bits per heavy atom. The van der Waals surface area contributed by atoms with E-state index in [2.05, 4.69) is 5.32 Å². The second kappa shape index (κ2) is 12.2. The molecule has 0 aliphatic carbocycles. The van der Waals surface area contributed by atoms with Gasteiger partial charge in [0.05, 0.1) is 0 Å². The Hall–Kier alpha value is -3.31. The van der Waals surface area contributed by atoms with Crippen LogP contribution in [0.1, 0.15) is 29.2 Å². The number of nitrogens with zero attached hydrogens (tertiary/aromatic N) is 1. The standard InChI is InChI=1S/C28H31ClN2O3/c1-4-30-28(33)25(17-22-10-6-5-7-11-22)31(18-23-12-8-9-13-24(23)29)27(32)19-34-26-15-14-20(2)16-21(26)3/h5-16,25H,4,17-19H2,1-3H3,(H,30,33)/t25-/m1/s1. The molecule has 0 saturated carbocycles. The van der Waals surface area contributed by atoms with E-state index in [9.17, 15) is 9.59 Å². The van der Waals surface area contributed by atoms with Crippen molar-refractivity contribution >= 4 is 23.4 Å². The van der Waals surface area contributed by atoms with Crippen LogP contribution in [0.3, 0.4) is 0 Å². The van der Waals surface area contributed by atoms with E-state index in [1.165, 1.54) is 0 Å². The molecule has 3 aromatic carbocycles. The lowest BCUT2D eigenvalue weighted by molar-refractivity contribution is -0.142. The van der Waals surface area contributed by atoms with Crippen molar-refractivity contribution in [2.24, 2.45) is 0 Å². The van der Waals surface area contributed by atoms with Crippen LogP contribution in [-0.4, -0.2) is 35.9 Å². The third-order valence-electron chi connectivity index (χ3n) is 5.60. The minimum atomic E-state index is -0.714. The Bertz CT molecular complexity index is 1120. The van der Waals surface area contributed by atoms with Gasteiger partial charge in [0.25, 0.3) is 5.91 Å². The van der Waals surface area contributed by atoms with Gasteiger partial charge in [-0.1, -0.05) is 77.8 Å². The van der Waals surface area contributed by atoms with E-state index in [1.807, 2.05) is 87.5 Å². The van der Waals surface area contributed by atoms with Crippen molar-refractivity contribution in [3.8, 4) is 5.75 Å². The molecular formula is C28H31ClN2O3. The fourth-order valence-electron chi connectivity index (χ4n) is 3.84. The Kier molecular flexibility index (Phi) is 9.11. The molecule has 0 aliphatic rings. The highest BCUT2D eigenvalue weighted by Crippen LogP contribution is 2.22. The van der Waals surface area contributed by atoms with Crippen molar-refractivity contribution in [1.82, 2.24) is 10.2 Å². The first-order valence-electron chi connectivity index (χ1n) is 11.4. The van der Waals surface area contributed by atoms with E-state index in [1.54, 1.807) is 11.0 Å². The number of amides is 2. The molecule has 2 amide bonds. The molecule has 0 aromatic heterocycles. The predicted molar refractivity (Wildman–Crippen MR) is 136 cm³/mol. The van der Waals surface area contributed by atoms with Gasteiger partial charge in [0.1, 0.15) is 11.8 Å². The third kappa shape index (κ3) is 6.84. The second-order valence-electron chi connectivity index (χ2n) is 8.27. The summed E-state index contributed by atoms with van der Waals surface area (Å²) in [7, 11) is 0. The number of likely N-dealkylation sites (N-methyl/N-ethyl adjacent to an activating group) is 1. The van der Waals surface area contributed by atoms with Crippen molar-refractivity contribution in [1.29, 1.82) is 0 Å². The van der Waals surface area contributed by atoms with Crippen LogP contribution in [-0.2, 0) is 22.6 Å². The second-order valence-corrected chi connectivity index (χ2v) is 8.68. The van der Waals surface area contributed by atoms with Crippen LogP contribution in [0, 0.1) is 13.8 Å². The van der Waals surface area contributed by atoms with Gasteiger partial charge in [0.2, 0.25) is 5.91 Å². The smallest absolute Gasteiger partial charge is 0.261 e. The molecule has 6 heteroatoms. The first-order valence-corrected chi connectivity index (χ1v) is 11.8. The van der Waals surface area contributed by atoms with Crippen molar-refractivity contribution in [2.75, 3.05) is 13.2 Å². The third-order valence-corrected chi connectivity index (χ3v) is 5.97. The number of carbonyl (C=O) groups excluding carboxylic acids is 2. The molecule has 0 radical (unpaired) electrons. The molecule has 178 valence electrons.